The highest BCUT2D eigenvalue weighted by molar-refractivity contribution is 7.98. The molecule has 0 radical (unpaired) electrons. The minimum Gasteiger partial charge on any atom is -0.481 e. The number of carboxylic acid groups (broad SMARTS) is 3. The van der Waals surface area contributed by atoms with Crippen molar-refractivity contribution in [2.75, 3.05) is 18.6 Å². The van der Waals surface area contributed by atoms with Gasteiger partial charge >= 0.3 is 17.9 Å². The second-order valence-corrected chi connectivity index (χ2v) is 7.61. The van der Waals surface area contributed by atoms with Crippen molar-refractivity contribution >= 4 is 47.4 Å². The Labute approximate surface area is 187 Å². The molecule has 0 aromatic carbocycles. The Bertz CT molecular complexity index is 705. The van der Waals surface area contributed by atoms with E-state index in [0.29, 0.717) is 5.75 Å². The maximum atomic E-state index is 12.7. The van der Waals surface area contributed by atoms with Crippen LogP contribution in [0.1, 0.15) is 25.7 Å². The lowest BCUT2D eigenvalue weighted by molar-refractivity contribution is -0.144. The maximum absolute atomic E-state index is 12.7. The van der Waals surface area contributed by atoms with Gasteiger partial charge in [0.15, 0.2) is 0 Å². The van der Waals surface area contributed by atoms with E-state index in [9.17, 15) is 28.8 Å². The number of rotatable bonds is 16. The molecule has 14 nitrogen and oxygen atoms in total. The summed E-state index contributed by atoms with van der Waals surface area (Å²) in [5, 5.41) is 42.0. The third kappa shape index (κ3) is 11.5. The van der Waals surface area contributed by atoms with Crippen molar-refractivity contribution in [3.63, 3.8) is 0 Å². The number of amides is 3. The van der Waals surface area contributed by atoms with E-state index in [2.05, 4.69) is 10.6 Å². The van der Waals surface area contributed by atoms with Crippen molar-refractivity contribution in [2.45, 2.75) is 49.9 Å². The highest BCUT2D eigenvalue weighted by Crippen LogP contribution is 2.05. The van der Waals surface area contributed by atoms with Crippen molar-refractivity contribution in [1.29, 1.82) is 0 Å². The number of aliphatic hydroxyl groups excluding tert-OH is 1. The van der Waals surface area contributed by atoms with Crippen molar-refractivity contribution in [3.05, 3.63) is 0 Å². The summed E-state index contributed by atoms with van der Waals surface area (Å²) in [6, 6.07) is -5.84. The Morgan fingerprint density at radius 3 is 1.81 bits per heavy atom. The first-order valence-corrected chi connectivity index (χ1v) is 10.7. The van der Waals surface area contributed by atoms with Crippen LogP contribution in [-0.2, 0) is 28.8 Å². The molecule has 0 saturated carbocycles. The average molecular weight is 480 g/mol. The lowest BCUT2D eigenvalue weighted by atomic mass is 10.1. The third-order valence-corrected chi connectivity index (χ3v) is 4.70. The second-order valence-electron chi connectivity index (χ2n) is 6.62. The van der Waals surface area contributed by atoms with Gasteiger partial charge in [-0.25, -0.2) is 4.79 Å². The molecule has 32 heavy (non-hydrogen) atoms. The van der Waals surface area contributed by atoms with Crippen molar-refractivity contribution in [2.24, 2.45) is 5.73 Å². The van der Waals surface area contributed by atoms with E-state index in [0.717, 1.165) is 0 Å². The minimum absolute atomic E-state index is 0.0835. The SMILES string of the molecule is CSCCC(NC(=O)C(N)CCC(=O)O)C(=O)NC(CC(=O)O)C(=O)NC(CO)C(=O)O. The molecule has 15 heteroatoms. The quantitative estimate of drug-likeness (QED) is 0.110. The first-order chi connectivity index (χ1) is 14.9. The van der Waals surface area contributed by atoms with E-state index < -0.39 is 72.8 Å². The molecule has 9 N–H and O–H groups in total. The molecule has 0 spiro atoms. The van der Waals surface area contributed by atoms with E-state index in [1.807, 2.05) is 5.32 Å². The molecule has 182 valence electrons. The van der Waals surface area contributed by atoms with Crippen LogP contribution in [0, 0.1) is 0 Å². The topological polar surface area (TPSA) is 245 Å². The number of hydrogen-bond donors (Lipinski definition) is 8. The van der Waals surface area contributed by atoms with Crippen LogP contribution in [0.25, 0.3) is 0 Å². The molecule has 0 aliphatic carbocycles. The Morgan fingerprint density at radius 1 is 0.812 bits per heavy atom. The molecule has 0 aliphatic heterocycles. The summed E-state index contributed by atoms with van der Waals surface area (Å²) in [6.45, 7) is -0.963. The van der Waals surface area contributed by atoms with Gasteiger partial charge < -0.3 is 42.1 Å². The number of thioether (sulfide) groups is 1. The standard InChI is InChI=1S/C17H28N4O10S/c1-32-5-4-9(19-14(27)8(18)2-3-12(23)24)15(28)20-10(6-13(25)26)16(29)21-11(7-22)17(30)31/h8-11,22H,2-7,18H2,1H3,(H,19,27)(H,20,28)(H,21,29)(H,23,24)(H,25,26)(H,30,31). The molecule has 0 bridgehead atoms. The van der Waals surface area contributed by atoms with Crippen LogP contribution in [0.5, 0.6) is 0 Å². The maximum Gasteiger partial charge on any atom is 0.328 e. The molecule has 4 atom stereocenters. The highest BCUT2D eigenvalue weighted by Gasteiger charge is 2.31. The van der Waals surface area contributed by atoms with Gasteiger partial charge in [0.2, 0.25) is 17.7 Å². The van der Waals surface area contributed by atoms with Crippen LogP contribution in [0.2, 0.25) is 0 Å². The van der Waals surface area contributed by atoms with Crippen LogP contribution >= 0.6 is 11.8 Å². The fourth-order valence-electron chi connectivity index (χ4n) is 2.31. The Kier molecular flexibility index (Phi) is 13.6. The largest absolute Gasteiger partial charge is 0.481 e. The first kappa shape index (κ1) is 29.1. The lowest BCUT2D eigenvalue weighted by Crippen LogP contribution is -2.58. The fraction of sp³-hybridized carbons (Fsp3) is 0.647. The van der Waals surface area contributed by atoms with Gasteiger partial charge in [0.25, 0.3) is 0 Å². The van der Waals surface area contributed by atoms with Crippen molar-refractivity contribution in [1.82, 2.24) is 16.0 Å². The van der Waals surface area contributed by atoms with E-state index >= 15 is 0 Å². The molecule has 0 aliphatic rings. The summed E-state index contributed by atoms with van der Waals surface area (Å²) < 4.78 is 0. The predicted molar refractivity (Wildman–Crippen MR) is 111 cm³/mol. The number of aliphatic carboxylic acids is 3. The molecule has 3 amide bonds. The molecule has 0 rings (SSSR count). The monoisotopic (exact) mass is 480 g/mol. The second kappa shape index (κ2) is 15.0. The molecular weight excluding hydrogens is 452 g/mol. The van der Waals surface area contributed by atoms with E-state index in [1.165, 1.54) is 11.8 Å². The number of carbonyl (C=O) groups is 6. The van der Waals surface area contributed by atoms with E-state index in [-0.39, 0.29) is 19.3 Å². The number of hydrogen-bond acceptors (Lipinski definition) is 9. The van der Waals surface area contributed by atoms with Gasteiger partial charge in [0.1, 0.15) is 18.1 Å². The van der Waals surface area contributed by atoms with Gasteiger partial charge in [-0.1, -0.05) is 0 Å². The number of carboxylic acids is 3. The van der Waals surface area contributed by atoms with Gasteiger partial charge in [-0.2, -0.15) is 11.8 Å². The number of nitrogens with one attached hydrogen (secondary N) is 3. The Hall–Kier alpha value is -2.91. The normalized spacial score (nSPS) is 14.3. The molecule has 0 fully saturated rings. The van der Waals surface area contributed by atoms with Crippen LogP contribution in [0.3, 0.4) is 0 Å². The first-order valence-electron chi connectivity index (χ1n) is 9.35. The molecule has 0 saturated heterocycles. The summed E-state index contributed by atoms with van der Waals surface area (Å²) in [6.07, 6.45) is 0.375. The zero-order valence-corrected chi connectivity index (χ0v) is 18.1. The van der Waals surface area contributed by atoms with Gasteiger partial charge in [-0.15, -0.1) is 0 Å². The number of aliphatic hydroxyl groups is 1. The van der Waals surface area contributed by atoms with Gasteiger partial charge in [0.05, 0.1) is 19.1 Å². The Balaban J connectivity index is 5.36. The zero-order valence-electron chi connectivity index (χ0n) is 17.3. The number of carbonyl (C=O) groups excluding carboxylic acids is 3. The van der Waals surface area contributed by atoms with Crippen LogP contribution in [-0.4, -0.2) is 98.8 Å². The lowest BCUT2D eigenvalue weighted by Gasteiger charge is -2.24. The fourth-order valence-corrected chi connectivity index (χ4v) is 2.78. The summed E-state index contributed by atoms with van der Waals surface area (Å²) in [4.78, 5) is 69.8. The van der Waals surface area contributed by atoms with Crippen molar-refractivity contribution in [3.8, 4) is 0 Å². The number of nitrogens with two attached hydrogens (primary N) is 1. The van der Waals surface area contributed by atoms with Crippen LogP contribution in [0.15, 0.2) is 0 Å². The summed E-state index contributed by atoms with van der Waals surface area (Å²) in [5.41, 5.74) is 5.62. The Morgan fingerprint density at radius 2 is 1.34 bits per heavy atom. The van der Waals surface area contributed by atoms with E-state index in [4.69, 9.17) is 26.2 Å². The summed E-state index contributed by atoms with van der Waals surface area (Å²) >= 11 is 1.34. The van der Waals surface area contributed by atoms with Gasteiger partial charge in [-0.3, -0.25) is 24.0 Å². The highest BCUT2D eigenvalue weighted by atomic mass is 32.2. The van der Waals surface area contributed by atoms with Gasteiger partial charge in [0, 0.05) is 6.42 Å². The van der Waals surface area contributed by atoms with E-state index in [1.54, 1.807) is 6.26 Å². The summed E-state index contributed by atoms with van der Waals surface area (Å²) in [5.74, 6) is -6.69. The third-order valence-electron chi connectivity index (χ3n) is 4.06. The molecule has 0 heterocycles. The molecular formula is C17H28N4O10S. The molecule has 4 unspecified atom stereocenters. The predicted octanol–water partition coefficient (Wildman–Crippen LogP) is -3.06. The average Bonchev–Trinajstić information content (AvgIpc) is 2.71. The van der Waals surface area contributed by atoms with Crippen LogP contribution in [0.4, 0.5) is 0 Å². The zero-order chi connectivity index (χ0) is 24.8. The summed E-state index contributed by atoms with van der Waals surface area (Å²) in [7, 11) is 0. The molecule has 0 aromatic heterocycles. The minimum atomic E-state index is -1.71. The van der Waals surface area contributed by atoms with Gasteiger partial charge in [-0.05, 0) is 24.9 Å². The van der Waals surface area contributed by atoms with Crippen LogP contribution < -0.4 is 21.7 Å². The molecule has 0 aromatic rings. The van der Waals surface area contributed by atoms with Crippen molar-refractivity contribution < 1.29 is 49.2 Å². The smallest absolute Gasteiger partial charge is 0.328 e.